The number of nitrogens with one attached hydrogen (secondary N) is 2. The first-order chi connectivity index (χ1) is 12.4. The number of ether oxygens (including phenoxy) is 3. The molecule has 0 radical (unpaired) electrons. The third-order valence-electron chi connectivity index (χ3n) is 3.35. The Kier molecular flexibility index (Phi) is 7.23. The van der Waals surface area contributed by atoms with E-state index in [1.165, 1.54) is 0 Å². The van der Waals surface area contributed by atoms with E-state index in [1.54, 1.807) is 38.5 Å². The second-order valence-corrected chi connectivity index (χ2v) is 6.55. The molecule has 26 heavy (non-hydrogen) atoms. The van der Waals surface area contributed by atoms with Gasteiger partial charge in [0.2, 0.25) is 0 Å². The van der Waals surface area contributed by atoms with Gasteiger partial charge < -0.3 is 19.5 Å². The van der Waals surface area contributed by atoms with Gasteiger partial charge in [0.15, 0.2) is 11.7 Å². The van der Waals surface area contributed by atoms with Crippen LogP contribution in [0.25, 0.3) is 0 Å². The zero-order valence-corrected chi connectivity index (χ0v) is 17.0. The minimum absolute atomic E-state index is 0.133. The number of aryl methyl sites for hydroxylation is 1. The Morgan fingerprint density at radius 3 is 2.50 bits per heavy atom. The first kappa shape index (κ1) is 20.0. The third kappa shape index (κ3) is 5.60. The Balaban J connectivity index is 1.92. The molecule has 6 nitrogen and oxygen atoms in total. The van der Waals surface area contributed by atoms with E-state index in [-0.39, 0.29) is 17.6 Å². The average molecular weight is 439 g/mol. The number of hydrogen-bond acceptors (Lipinski definition) is 5. The normalized spacial score (nSPS) is 10.0. The number of anilines is 1. The van der Waals surface area contributed by atoms with Crippen LogP contribution in [0, 0.1) is 6.92 Å². The minimum Gasteiger partial charge on any atom is -0.497 e. The van der Waals surface area contributed by atoms with Crippen molar-refractivity contribution in [1.29, 1.82) is 0 Å². The van der Waals surface area contributed by atoms with Crippen molar-refractivity contribution in [2.45, 2.75) is 6.92 Å². The monoisotopic (exact) mass is 438 g/mol. The average Bonchev–Trinajstić information content (AvgIpc) is 2.60. The van der Waals surface area contributed by atoms with Gasteiger partial charge >= 0.3 is 0 Å². The SMILES string of the molecule is COc1ccc(OC)c(NC(=S)NC(=O)COc2ccc(C)cc2Br)c1. The number of carbonyl (C=O) groups is 1. The number of methoxy groups -OCH3 is 2. The first-order valence-corrected chi connectivity index (χ1v) is 8.85. The molecule has 1 amide bonds. The second-order valence-electron chi connectivity index (χ2n) is 5.29. The molecule has 0 bridgehead atoms. The number of rotatable bonds is 6. The molecule has 0 unspecified atom stereocenters. The van der Waals surface area contributed by atoms with Crippen LogP contribution in [0.4, 0.5) is 5.69 Å². The molecular weight excluding hydrogens is 420 g/mol. The van der Waals surface area contributed by atoms with Gasteiger partial charge in [-0.05, 0) is 64.9 Å². The van der Waals surface area contributed by atoms with Crippen LogP contribution >= 0.6 is 28.1 Å². The molecule has 0 saturated carbocycles. The highest BCUT2D eigenvalue weighted by Gasteiger charge is 2.11. The first-order valence-electron chi connectivity index (χ1n) is 7.64. The lowest BCUT2D eigenvalue weighted by atomic mass is 10.2. The van der Waals surface area contributed by atoms with E-state index < -0.39 is 0 Å². The predicted octanol–water partition coefficient (Wildman–Crippen LogP) is 3.67. The van der Waals surface area contributed by atoms with E-state index in [9.17, 15) is 4.79 Å². The standard InChI is InChI=1S/C18H19BrN2O4S/c1-11-4-6-15(13(19)8-11)25-10-17(22)21-18(26)20-14-9-12(23-2)5-7-16(14)24-3/h4-9H,10H2,1-3H3,(H2,20,21,22,26). The van der Waals surface area contributed by atoms with Crippen LogP contribution in [0.5, 0.6) is 17.2 Å². The van der Waals surface area contributed by atoms with Gasteiger partial charge in [0.25, 0.3) is 5.91 Å². The summed E-state index contributed by atoms with van der Waals surface area (Å²) in [5.74, 6) is 1.41. The number of carbonyl (C=O) groups excluding carboxylic acids is 1. The van der Waals surface area contributed by atoms with Crippen LogP contribution < -0.4 is 24.8 Å². The minimum atomic E-state index is -0.378. The van der Waals surface area contributed by atoms with Crippen LogP contribution in [0.2, 0.25) is 0 Å². The highest BCUT2D eigenvalue weighted by Crippen LogP contribution is 2.29. The zero-order valence-electron chi connectivity index (χ0n) is 14.6. The Morgan fingerprint density at radius 2 is 1.85 bits per heavy atom. The van der Waals surface area contributed by atoms with Crippen molar-refractivity contribution in [2.24, 2.45) is 0 Å². The zero-order chi connectivity index (χ0) is 19.1. The molecule has 8 heteroatoms. The molecule has 0 spiro atoms. The number of thiocarbonyl (C=S) groups is 1. The van der Waals surface area contributed by atoms with Gasteiger partial charge in [0, 0.05) is 6.07 Å². The summed E-state index contributed by atoms with van der Waals surface area (Å²) < 4.78 is 16.7. The molecule has 0 aromatic heterocycles. The van der Waals surface area contributed by atoms with E-state index in [2.05, 4.69) is 26.6 Å². The molecule has 0 aliphatic carbocycles. The summed E-state index contributed by atoms with van der Waals surface area (Å²) in [6, 6.07) is 10.8. The van der Waals surface area contributed by atoms with Gasteiger partial charge in [0.05, 0.1) is 24.4 Å². The van der Waals surface area contributed by atoms with Crippen LogP contribution in [0.3, 0.4) is 0 Å². The second kappa shape index (κ2) is 9.40. The fraction of sp³-hybridized carbons (Fsp3) is 0.222. The van der Waals surface area contributed by atoms with Crippen molar-refractivity contribution >= 4 is 44.9 Å². The molecule has 0 fully saturated rings. The highest BCUT2D eigenvalue weighted by molar-refractivity contribution is 9.10. The van der Waals surface area contributed by atoms with Gasteiger partial charge in [0.1, 0.15) is 17.2 Å². The van der Waals surface area contributed by atoms with Crippen molar-refractivity contribution in [2.75, 3.05) is 26.1 Å². The van der Waals surface area contributed by atoms with Crippen molar-refractivity contribution in [1.82, 2.24) is 5.32 Å². The Hall–Kier alpha value is -2.32. The maximum Gasteiger partial charge on any atom is 0.264 e. The van der Waals surface area contributed by atoms with E-state index in [0.29, 0.717) is 22.9 Å². The lowest BCUT2D eigenvalue weighted by Gasteiger charge is -2.14. The van der Waals surface area contributed by atoms with Crippen molar-refractivity contribution in [3.05, 3.63) is 46.4 Å². The van der Waals surface area contributed by atoms with Crippen molar-refractivity contribution < 1.29 is 19.0 Å². The molecule has 2 aromatic rings. The van der Waals surface area contributed by atoms with Gasteiger partial charge in [-0.2, -0.15) is 0 Å². The van der Waals surface area contributed by atoms with Gasteiger partial charge in [-0.1, -0.05) is 6.07 Å². The largest absolute Gasteiger partial charge is 0.497 e. The molecule has 2 rings (SSSR count). The van der Waals surface area contributed by atoms with Crippen molar-refractivity contribution in [3.8, 4) is 17.2 Å². The summed E-state index contributed by atoms with van der Waals surface area (Å²) in [6.45, 7) is 1.80. The lowest BCUT2D eigenvalue weighted by molar-refractivity contribution is -0.121. The number of halogens is 1. The summed E-state index contributed by atoms with van der Waals surface area (Å²) in [5.41, 5.74) is 1.67. The van der Waals surface area contributed by atoms with E-state index in [1.807, 2.05) is 19.1 Å². The molecule has 2 N–H and O–H groups in total. The number of benzene rings is 2. The summed E-state index contributed by atoms with van der Waals surface area (Å²) in [5, 5.41) is 5.61. The molecule has 0 saturated heterocycles. The topological polar surface area (TPSA) is 68.8 Å². The lowest BCUT2D eigenvalue weighted by Crippen LogP contribution is -2.37. The summed E-state index contributed by atoms with van der Waals surface area (Å²) >= 11 is 8.57. The molecule has 138 valence electrons. The van der Waals surface area contributed by atoms with E-state index in [0.717, 1.165) is 10.0 Å². The van der Waals surface area contributed by atoms with Crippen LogP contribution in [-0.4, -0.2) is 31.8 Å². The molecule has 0 aliphatic rings. The smallest absolute Gasteiger partial charge is 0.264 e. The van der Waals surface area contributed by atoms with Gasteiger partial charge in [-0.25, -0.2) is 0 Å². The van der Waals surface area contributed by atoms with Crippen LogP contribution in [-0.2, 0) is 4.79 Å². The van der Waals surface area contributed by atoms with Crippen molar-refractivity contribution in [3.63, 3.8) is 0 Å². The fourth-order valence-electron chi connectivity index (χ4n) is 2.09. The van der Waals surface area contributed by atoms with E-state index in [4.69, 9.17) is 26.4 Å². The fourth-order valence-corrected chi connectivity index (χ4v) is 2.93. The summed E-state index contributed by atoms with van der Waals surface area (Å²) in [4.78, 5) is 12.0. The van der Waals surface area contributed by atoms with Gasteiger partial charge in [-0.15, -0.1) is 0 Å². The molecular formula is C18H19BrN2O4S. The number of hydrogen-bond donors (Lipinski definition) is 2. The van der Waals surface area contributed by atoms with Crippen LogP contribution in [0.15, 0.2) is 40.9 Å². The van der Waals surface area contributed by atoms with E-state index >= 15 is 0 Å². The molecule has 0 aliphatic heterocycles. The highest BCUT2D eigenvalue weighted by atomic mass is 79.9. The number of amides is 1. The Labute approximate surface area is 166 Å². The Morgan fingerprint density at radius 1 is 1.12 bits per heavy atom. The maximum absolute atomic E-state index is 12.0. The predicted molar refractivity (Wildman–Crippen MR) is 108 cm³/mol. The quantitative estimate of drug-likeness (QED) is 0.670. The molecule has 2 aromatic carbocycles. The molecule has 0 atom stereocenters. The summed E-state index contributed by atoms with van der Waals surface area (Å²) in [7, 11) is 3.11. The maximum atomic E-state index is 12.0. The summed E-state index contributed by atoms with van der Waals surface area (Å²) in [6.07, 6.45) is 0. The van der Waals surface area contributed by atoms with Crippen LogP contribution in [0.1, 0.15) is 5.56 Å². The Bertz CT molecular complexity index is 814. The third-order valence-corrected chi connectivity index (χ3v) is 4.18. The van der Waals surface area contributed by atoms with Gasteiger partial charge in [-0.3, -0.25) is 10.1 Å². The molecule has 0 heterocycles.